The van der Waals surface area contributed by atoms with Crippen molar-refractivity contribution in [3.05, 3.63) is 30.0 Å². The molecule has 5 nitrogen and oxygen atoms in total. The number of aromatic nitrogens is 2. The smallest absolute Gasteiger partial charge is 0.246 e. The van der Waals surface area contributed by atoms with Crippen molar-refractivity contribution in [2.45, 2.75) is 6.54 Å². The van der Waals surface area contributed by atoms with Crippen LogP contribution in [0.2, 0.25) is 0 Å². The molecule has 0 saturated carbocycles. The van der Waals surface area contributed by atoms with E-state index in [0.717, 1.165) is 16.5 Å². The van der Waals surface area contributed by atoms with Gasteiger partial charge in [-0.3, -0.25) is 9.89 Å². The molecule has 2 aromatic rings. The first-order valence-electron chi connectivity index (χ1n) is 4.97. The van der Waals surface area contributed by atoms with Crippen LogP contribution in [0.4, 0.5) is 0 Å². The van der Waals surface area contributed by atoms with Crippen LogP contribution < -0.4 is 5.32 Å². The van der Waals surface area contributed by atoms with E-state index in [4.69, 9.17) is 4.74 Å². The summed E-state index contributed by atoms with van der Waals surface area (Å²) in [6, 6.07) is 5.90. The van der Waals surface area contributed by atoms with Crippen LogP contribution >= 0.6 is 0 Å². The average molecular weight is 219 g/mol. The highest BCUT2D eigenvalue weighted by Gasteiger charge is 2.01. The second-order valence-corrected chi connectivity index (χ2v) is 3.50. The Morgan fingerprint density at radius 2 is 2.44 bits per heavy atom. The molecule has 1 aromatic heterocycles. The molecular formula is C11H13N3O2. The highest BCUT2D eigenvalue weighted by Crippen LogP contribution is 2.12. The molecule has 0 fully saturated rings. The fourth-order valence-corrected chi connectivity index (χ4v) is 1.48. The monoisotopic (exact) mass is 219 g/mol. The van der Waals surface area contributed by atoms with Gasteiger partial charge in [0.15, 0.2) is 0 Å². The van der Waals surface area contributed by atoms with Gasteiger partial charge >= 0.3 is 0 Å². The van der Waals surface area contributed by atoms with Crippen molar-refractivity contribution >= 4 is 16.8 Å². The number of aromatic amines is 1. The molecule has 1 amide bonds. The summed E-state index contributed by atoms with van der Waals surface area (Å²) < 4.78 is 4.72. The van der Waals surface area contributed by atoms with Crippen LogP contribution in [0.5, 0.6) is 0 Å². The summed E-state index contributed by atoms with van der Waals surface area (Å²) in [5.74, 6) is -0.118. The molecular weight excluding hydrogens is 206 g/mol. The molecule has 0 aliphatic carbocycles. The largest absolute Gasteiger partial charge is 0.375 e. The minimum atomic E-state index is -0.118. The third-order valence-corrected chi connectivity index (χ3v) is 2.27. The van der Waals surface area contributed by atoms with Crippen molar-refractivity contribution in [2.75, 3.05) is 13.7 Å². The standard InChI is InChI=1S/C11H13N3O2/c1-16-7-11(15)12-5-8-2-3-9-6-13-14-10(9)4-8/h2-4,6H,5,7H2,1H3,(H,12,15)(H,13,14). The first-order chi connectivity index (χ1) is 7.79. The lowest BCUT2D eigenvalue weighted by atomic mass is 10.1. The molecule has 0 saturated heterocycles. The van der Waals surface area contributed by atoms with E-state index in [0.29, 0.717) is 6.54 Å². The number of H-pyrrole nitrogens is 1. The molecule has 1 aromatic carbocycles. The summed E-state index contributed by atoms with van der Waals surface area (Å²) in [6.45, 7) is 0.587. The van der Waals surface area contributed by atoms with E-state index >= 15 is 0 Å². The van der Waals surface area contributed by atoms with E-state index in [-0.39, 0.29) is 12.5 Å². The maximum absolute atomic E-state index is 11.2. The zero-order chi connectivity index (χ0) is 11.4. The molecule has 0 spiro atoms. The lowest BCUT2D eigenvalue weighted by molar-refractivity contribution is -0.124. The van der Waals surface area contributed by atoms with Crippen LogP contribution in [-0.4, -0.2) is 29.8 Å². The van der Waals surface area contributed by atoms with Gasteiger partial charge in [-0.1, -0.05) is 12.1 Å². The number of fused-ring (bicyclic) bond motifs is 1. The van der Waals surface area contributed by atoms with Crippen LogP contribution in [-0.2, 0) is 16.1 Å². The highest BCUT2D eigenvalue weighted by molar-refractivity contribution is 5.79. The number of methoxy groups -OCH3 is 1. The van der Waals surface area contributed by atoms with Crippen molar-refractivity contribution in [3.8, 4) is 0 Å². The molecule has 16 heavy (non-hydrogen) atoms. The number of carbonyl (C=O) groups excluding carboxylic acids is 1. The van der Waals surface area contributed by atoms with E-state index in [2.05, 4.69) is 15.5 Å². The lowest BCUT2D eigenvalue weighted by Crippen LogP contribution is -2.26. The first kappa shape index (κ1) is 10.6. The number of nitrogens with zero attached hydrogens (tertiary/aromatic N) is 1. The van der Waals surface area contributed by atoms with Gasteiger partial charge < -0.3 is 10.1 Å². The van der Waals surface area contributed by atoms with Gasteiger partial charge in [0.05, 0.1) is 11.7 Å². The normalized spacial score (nSPS) is 10.6. The van der Waals surface area contributed by atoms with Crippen LogP contribution in [0.25, 0.3) is 10.9 Å². The van der Waals surface area contributed by atoms with E-state index < -0.39 is 0 Å². The Labute approximate surface area is 92.8 Å². The zero-order valence-corrected chi connectivity index (χ0v) is 8.99. The number of hydrogen-bond donors (Lipinski definition) is 2. The second-order valence-electron chi connectivity index (χ2n) is 3.50. The van der Waals surface area contributed by atoms with Crippen molar-refractivity contribution in [2.24, 2.45) is 0 Å². The molecule has 1 heterocycles. The predicted molar refractivity (Wildman–Crippen MR) is 59.8 cm³/mol. The van der Waals surface area contributed by atoms with Crippen molar-refractivity contribution in [1.82, 2.24) is 15.5 Å². The predicted octanol–water partition coefficient (Wildman–Crippen LogP) is 0.825. The lowest BCUT2D eigenvalue weighted by Gasteiger charge is -2.04. The number of benzene rings is 1. The van der Waals surface area contributed by atoms with Crippen LogP contribution in [0.1, 0.15) is 5.56 Å². The quantitative estimate of drug-likeness (QED) is 0.800. The topological polar surface area (TPSA) is 67.0 Å². The Hall–Kier alpha value is -1.88. The van der Waals surface area contributed by atoms with Crippen molar-refractivity contribution in [3.63, 3.8) is 0 Å². The van der Waals surface area contributed by atoms with Gasteiger partial charge in [-0.25, -0.2) is 0 Å². The summed E-state index contributed by atoms with van der Waals surface area (Å²) >= 11 is 0. The van der Waals surface area contributed by atoms with Gasteiger partial charge in [0, 0.05) is 19.0 Å². The molecule has 84 valence electrons. The van der Waals surface area contributed by atoms with Gasteiger partial charge in [0.1, 0.15) is 6.61 Å². The van der Waals surface area contributed by atoms with Gasteiger partial charge in [-0.2, -0.15) is 5.10 Å². The number of ether oxygens (including phenoxy) is 1. The Balaban J connectivity index is 2.01. The van der Waals surface area contributed by atoms with Gasteiger partial charge in [0.25, 0.3) is 0 Å². The number of hydrogen-bond acceptors (Lipinski definition) is 3. The van der Waals surface area contributed by atoms with Crippen molar-refractivity contribution in [1.29, 1.82) is 0 Å². The maximum atomic E-state index is 11.2. The molecule has 0 aliphatic heterocycles. The molecule has 2 rings (SSSR count). The second kappa shape index (κ2) is 4.76. The Morgan fingerprint density at radius 1 is 1.56 bits per heavy atom. The summed E-state index contributed by atoms with van der Waals surface area (Å²) in [6.07, 6.45) is 1.77. The summed E-state index contributed by atoms with van der Waals surface area (Å²) in [5, 5.41) is 10.6. The number of nitrogens with one attached hydrogen (secondary N) is 2. The van der Waals surface area contributed by atoms with Crippen LogP contribution in [0.15, 0.2) is 24.4 Å². The van der Waals surface area contributed by atoms with Gasteiger partial charge in [-0.15, -0.1) is 0 Å². The first-order valence-corrected chi connectivity index (χ1v) is 4.97. The Morgan fingerprint density at radius 3 is 3.25 bits per heavy atom. The molecule has 2 N–H and O–H groups in total. The molecule has 0 aliphatic rings. The molecule has 0 bridgehead atoms. The van der Waals surface area contributed by atoms with E-state index in [1.165, 1.54) is 7.11 Å². The minimum absolute atomic E-state index is 0.0896. The van der Waals surface area contributed by atoms with Gasteiger partial charge in [0.2, 0.25) is 5.91 Å². The number of carbonyl (C=O) groups is 1. The van der Waals surface area contributed by atoms with E-state index in [1.54, 1.807) is 6.20 Å². The number of rotatable bonds is 4. The Kier molecular flexibility index (Phi) is 3.16. The van der Waals surface area contributed by atoms with Crippen LogP contribution in [0, 0.1) is 0 Å². The molecule has 0 radical (unpaired) electrons. The molecule has 0 unspecified atom stereocenters. The summed E-state index contributed by atoms with van der Waals surface area (Å²) in [4.78, 5) is 11.2. The fourth-order valence-electron chi connectivity index (χ4n) is 1.48. The summed E-state index contributed by atoms with van der Waals surface area (Å²) in [7, 11) is 1.50. The highest BCUT2D eigenvalue weighted by atomic mass is 16.5. The minimum Gasteiger partial charge on any atom is -0.375 e. The van der Waals surface area contributed by atoms with Gasteiger partial charge in [-0.05, 0) is 11.6 Å². The third-order valence-electron chi connectivity index (χ3n) is 2.27. The molecule has 5 heteroatoms. The van der Waals surface area contributed by atoms with Crippen LogP contribution in [0.3, 0.4) is 0 Å². The maximum Gasteiger partial charge on any atom is 0.246 e. The average Bonchev–Trinajstić information content (AvgIpc) is 2.74. The van der Waals surface area contributed by atoms with E-state index in [9.17, 15) is 4.79 Å². The SMILES string of the molecule is COCC(=O)NCc1ccc2cn[nH]c2c1. The molecule has 0 atom stereocenters. The third kappa shape index (κ3) is 2.38. The fraction of sp³-hybridized carbons (Fsp3) is 0.273. The number of amides is 1. The van der Waals surface area contributed by atoms with E-state index in [1.807, 2.05) is 18.2 Å². The van der Waals surface area contributed by atoms with Crippen molar-refractivity contribution < 1.29 is 9.53 Å². The Bertz CT molecular complexity index is 493. The summed E-state index contributed by atoms with van der Waals surface area (Å²) in [5.41, 5.74) is 2.00. The zero-order valence-electron chi connectivity index (χ0n) is 8.99.